The third-order valence-corrected chi connectivity index (χ3v) is 2.92. The lowest BCUT2D eigenvalue weighted by atomic mass is 10.1. The molecule has 2 N–H and O–H groups in total. The van der Waals surface area contributed by atoms with E-state index in [4.69, 9.17) is 5.73 Å². The van der Waals surface area contributed by atoms with Crippen LogP contribution in [0.3, 0.4) is 0 Å². The van der Waals surface area contributed by atoms with Crippen LogP contribution in [0.1, 0.15) is 19.3 Å². The fourth-order valence-corrected chi connectivity index (χ4v) is 1.94. The van der Waals surface area contributed by atoms with Gasteiger partial charge in [0.15, 0.2) is 0 Å². The van der Waals surface area contributed by atoms with Crippen molar-refractivity contribution in [3.05, 3.63) is 0 Å². The summed E-state index contributed by atoms with van der Waals surface area (Å²) in [6, 6.07) is 0. The van der Waals surface area contributed by atoms with Gasteiger partial charge in [0.1, 0.15) is 0 Å². The Labute approximate surface area is 68.7 Å². The molecule has 64 valence electrons. The van der Waals surface area contributed by atoms with E-state index in [1.54, 1.807) is 0 Å². The second kappa shape index (κ2) is 3.11. The van der Waals surface area contributed by atoms with Crippen LogP contribution in [0.4, 0.5) is 0 Å². The summed E-state index contributed by atoms with van der Waals surface area (Å²) in [4.78, 5) is 2.59. The van der Waals surface area contributed by atoms with Crippen molar-refractivity contribution < 1.29 is 0 Å². The topological polar surface area (TPSA) is 29.3 Å². The van der Waals surface area contributed by atoms with Crippen LogP contribution in [0, 0.1) is 11.8 Å². The number of hydrogen-bond acceptors (Lipinski definition) is 2. The third-order valence-electron chi connectivity index (χ3n) is 2.92. The van der Waals surface area contributed by atoms with E-state index in [0.29, 0.717) is 0 Å². The van der Waals surface area contributed by atoms with Crippen LogP contribution in [0.2, 0.25) is 0 Å². The van der Waals surface area contributed by atoms with Crippen LogP contribution in [0.15, 0.2) is 0 Å². The molecule has 0 amide bonds. The van der Waals surface area contributed by atoms with Crippen LogP contribution < -0.4 is 5.73 Å². The first-order chi connectivity index (χ1) is 5.38. The molecule has 0 bridgehead atoms. The zero-order valence-electron chi connectivity index (χ0n) is 7.13. The number of nitrogens with two attached hydrogens (primary N) is 1. The average Bonchev–Trinajstić information content (AvgIpc) is 2.68. The Bertz CT molecular complexity index is 132. The highest BCUT2D eigenvalue weighted by Crippen LogP contribution is 2.31. The summed E-state index contributed by atoms with van der Waals surface area (Å²) in [6.07, 6.45) is 4.29. The SMILES string of the molecule is NC[C@H]1CCN(CC2CC2)C1. The number of rotatable bonds is 3. The van der Waals surface area contributed by atoms with Crippen molar-refractivity contribution in [3.63, 3.8) is 0 Å². The molecule has 11 heavy (non-hydrogen) atoms. The Hall–Kier alpha value is -0.0800. The van der Waals surface area contributed by atoms with Gasteiger partial charge >= 0.3 is 0 Å². The second-order valence-electron chi connectivity index (χ2n) is 4.09. The van der Waals surface area contributed by atoms with Gasteiger partial charge in [0.05, 0.1) is 0 Å². The zero-order valence-corrected chi connectivity index (χ0v) is 7.13. The maximum atomic E-state index is 5.62. The molecule has 0 aromatic rings. The maximum absolute atomic E-state index is 5.62. The normalized spacial score (nSPS) is 33.0. The molecule has 2 nitrogen and oxygen atoms in total. The van der Waals surface area contributed by atoms with E-state index < -0.39 is 0 Å². The Morgan fingerprint density at radius 3 is 2.55 bits per heavy atom. The molecular weight excluding hydrogens is 136 g/mol. The first kappa shape index (κ1) is 7.56. The van der Waals surface area contributed by atoms with Gasteiger partial charge in [-0.1, -0.05) is 0 Å². The number of likely N-dealkylation sites (tertiary alicyclic amines) is 1. The molecule has 0 aromatic carbocycles. The van der Waals surface area contributed by atoms with Gasteiger partial charge in [-0.05, 0) is 44.2 Å². The maximum Gasteiger partial charge on any atom is 0.00223 e. The third kappa shape index (κ3) is 1.94. The Kier molecular flexibility index (Phi) is 2.14. The van der Waals surface area contributed by atoms with Crippen LogP contribution in [0.25, 0.3) is 0 Å². The van der Waals surface area contributed by atoms with E-state index in [9.17, 15) is 0 Å². The van der Waals surface area contributed by atoms with Crippen molar-refractivity contribution in [2.45, 2.75) is 19.3 Å². The van der Waals surface area contributed by atoms with E-state index in [-0.39, 0.29) is 0 Å². The number of nitrogens with zero attached hydrogens (tertiary/aromatic N) is 1. The molecule has 2 fully saturated rings. The van der Waals surface area contributed by atoms with E-state index in [1.807, 2.05) is 0 Å². The molecule has 2 heteroatoms. The molecular formula is C9H18N2. The highest BCUT2D eigenvalue weighted by atomic mass is 15.1. The predicted molar refractivity (Wildman–Crippen MR) is 46.3 cm³/mol. The summed E-state index contributed by atoms with van der Waals surface area (Å²) < 4.78 is 0. The molecule has 0 unspecified atom stereocenters. The first-order valence-electron chi connectivity index (χ1n) is 4.81. The number of hydrogen-bond donors (Lipinski definition) is 1. The molecule has 1 aliphatic heterocycles. The molecule has 1 heterocycles. The molecule has 1 atom stereocenters. The van der Waals surface area contributed by atoms with Crippen molar-refractivity contribution in [2.24, 2.45) is 17.6 Å². The minimum atomic E-state index is 0.800. The van der Waals surface area contributed by atoms with E-state index in [1.165, 1.54) is 38.9 Å². The van der Waals surface area contributed by atoms with Gasteiger partial charge in [0, 0.05) is 13.1 Å². The van der Waals surface area contributed by atoms with Crippen molar-refractivity contribution in [1.29, 1.82) is 0 Å². The first-order valence-corrected chi connectivity index (χ1v) is 4.81. The summed E-state index contributed by atoms with van der Waals surface area (Å²) in [7, 11) is 0. The van der Waals surface area contributed by atoms with Gasteiger partial charge in [0.25, 0.3) is 0 Å². The standard InChI is InChI=1S/C9H18N2/c10-5-9-3-4-11(7-9)6-8-1-2-8/h8-9H,1-7,10H2/t9-/m1/s1. The minimum Gasteiger partial charge on any atom is -0.330 e. The predicted octanol–water partition coefficient (Wildman–Crippen LogP) is 0.677. The molecule has 1 saturated heterocycles. The Morgan fingerprint density at radius 1 is 1.18 bits per heavy atom. The molecule has 1 saturated carbocycles. The summed E-state index contributed by atoms with van der Waals surface area (Å²) in [5.74, 6) is 1.85. The van der Waals surface area contributed by atoms with Crippen molar-refractivity contribution >= 4 is 0 Å². The molecule has 0 spiro atoms. The Morgan fingerprint density at radius 2 is 2.00 bits per heavy atom. The summed E-state index contributed by atoms with van der Waals surface area (Å²) in [5.41, 5.74) is 5.62. The summed E-state index contributed by atoms with van der Waals surface area (Å²) in [6.45, 7) is 4.82. The Balaban J connectivity index is 1.70. The van der Waals surface area contributed by atoms with Crippen LogP contribution in [0.5, 0.6) is 0 Å². The van der Waals surface area contributed by atoms with Crippen LogP contribution in [-0.4, -0.2) is 31.1 Å². The van der Waals surface area contributed by atoms with Gasteiger partial charge in [-0.25, -0.2) is 0 Å². The lowest BCUT2D eigenvalue weighted by molar-refractivity contribution is 0.312. The summed E-state index contributed by atoms with van der Waals surface area (Å²) >= 11 is 0. The molecule has 0 aromatic heterocycles. The average molecular weight is 154 g/mol. The molecule has 1 aliphatic carbocycles. The summed E-state index contributed by atoms with van der Waals surface area (Å²) in [5, 5.41) is 0. The van der Waals surface area contributed by atoms with E-state index in [2.05, 4.69) is 4.90 Å². The van der Waals surface area contributed by atoms with Gasteiger partial charge in [-0.2, -0.15) is 0 Å². The monoisotopic (exact) mass is 154 g/mol. The van der Waals surface area contributed by atoms with Crippen molar-refractivity contribution in [2.75, 3.05) is 26.2 Å². The highest BCUT2D eigenvalue weighted by molar-refractivity contribution is 4.82. The molecule has 2 aliphatic rings. The van der Waals surface area contributed by atoms with E-state index in [0.717, 1.165) is 18.4 Å². The molecule has 0 radical (unpaired) electrons. The largest absolute Gasteiger partial charge is 0.330 e. The van der Waals surface area contributed by atoms with Gasteiger partial charge in [0.2, 0.25) is 0 Å². The second-order valence-corrected chi connectivity index (χ2v) is 4.09. The quantitative estimate of drug-likeness (QED) is 0.647. The van der Waals surface area contributed by atoms with Gasteiger partial charge < -0.3 is 10.6 Å². The lowest BCUT2D eigenvalue weighted by Gasteiger charge is -2.14. The van der Waals surface area contributed by atoms with E-state index >= 15 is 0 Å². The lowest BCUT2D eigenvalue weighted by Crippen LogP contribution is -2.25. The highest BCUT2D eigenvalue weighted by Gasteiger charge is 2.28. The fourth-order valence-electron chi connectivity index (χ4n) is 1.94. The fraction of sp³-hybridized carbons (Fsp3) is 1.00. The van der Waals surface area contributed by atoms with Gasteiger partial charge in [-0.3, -0.25) is 0 Å². The van der Waals surface area contributed by atoms with Crippen molar-refractivity contribution in [1.82, 2.24) is 4.90 Å². The molecule has 2 rings (SSSR count). The minimum absolute atomic E-state index is 0.800. The van der Waals surface area contributed by atoms with Crippen molar-refractivity contribution in [3.8, 4) is 0 Å². The van der Waals surface area contributed by atoms with Gasteiger partial charge in [-0.15, -0.1) is 0 Å². The zero-order chi connectivity index (χ0) is 7.68. The smallest absolute Gasteiger partial charge is 0.00223 e. The van der Waals surface area contributed by atoms with Crippen LogP contribution in [-0.2, 0) is 0 Å². The van der Waals surface area contributed by atoms with Crippen LogP contribution >= 0.6 is 0 Å².